The van der Waals surface area contributed by atoms with Crippen molar-refractivity contribution in [2.24, 2.45) is 0 Å². The van der Waals surface area contributed by atoms with Gasteiger partial charge >= 0.3 is 0 Å². The Kier molecular flexibility index (Phi) is 4.33. The summed E-state index contributed by atoms with van der Waals surface area (Å²) in [5, 5.41) is 9.22. The molecule has 2 aliphatic heterocycles. The van der Waals surface area contributed by atoms with E-state index in [0.717, 1.165) is 70.5 Å². The fourth-order valence-electron chi connectivity index (χ4n) is 3.79. The number of H-pyrrole nitrogens is 2. The number of aliphatic hydroxyl groups is 1. The second-order valence-electron chi connectivity index (χ2n) is 7.17. The number of fused-ring (bicyclic) bond motifs is 8. The van der Waals surface area contributed by atoms with Gasteiger partial charge in [0.1, 0.15) is 6.61 Å². The quantitative estimate of drug-likeness (QED) is 0.657. The van der Waals surface area contributed by atoms with Crippen LogP contribution in [0.3, 0.4) is 0 Å². The summed E-state index contributed by atoms with van der Waals surface area (Å²) in [4.78, 5) is 16.4. The van der Waals surface area contributed by atoms with Crippen LogP contribution >= 0.6 is 0 Å². The number of hydrogen-bond acceptors (Lipinski definition) is 4. The first-order valence-electron chi connectivity index (χ1n) is 9.67. The molecule has 0 amide bonds. The van der Waals surface area contributed by atoms with E-state index in [4.69, 9.17) is 14.7 Å². The van der Waals surface area contributed by atoms with Crippen molar-refractivity contribution in [3.63, 3.8) is 0 Å². The zero-order valence-electron chi connectivity index (χ0n) is 15.5. The van der Waals surface area contributed by atoms with Gasteiger partial charge in [-0.05, 0) is 68.1 Å². The normalized spacial score (nSPS) is 13.6. The van der Waals surface area contributed by atoms with E-state index >= 15 is 0 Å². The highest BCUT2D eigenvalue weighted by Gasteiger charge is 2.14. The molecule has 2 aliphatic rings. The second kappa shape index (κ2) is 7.13. The number of rotatable bonds is 3. The van der Waals surface area contributed by atoms with Crippen LogP contribution in [0.2, 0.25) is 0 Å². The molecule has 3 aromatic heterocycles. The summed E-state index contributed by atoms with van der Waals surface area (Å²) in [6, 6.07) is 14.5. The summed E-state index contributed by atoms with van der Waals surface area (Å²) >= 11 is 0. The van der Waals surface area contributed by atoms with Crippen LogP contribution in [0.1, 0.15) is 22.8 Å². The van der Waals surface area contributed by atoms with E-state index in [-0.39, 0.29) is 13.2 Å². The van der Waals surface area contributed by atoms with Crippen LogP contribution in [0.5, 0.6) is 5.75 Å². The minimum Gasteiger partial charge on any atom is -0.487 e. The number of hydrogen-bond donors (Lipinski definition) is 3. The molecular formula is C22H22N4O2. The summed E-state index contributed by atoms with van der Waals surface area (Å²) in [5.74, 6) is 0.713. The highest BCUT2D eigenvalue weighted by atomic mass is 16.5. The van der Waals surface area contributed by atoms with Crippen molar-refractivity contribution in [3.05, 3.63) is 65.2 Å². The van der Waals surface area contributed by atoms with E-state index in [1.807, 2.05) is 12.1 Å². The largest absolute Gasteiger partial charge is 0.487 e. The summed E-state index contributed by atoms with van der Waals surface area (Å²) < 4.78 is 5.87. The molecule has 0 fully saturated rings. The van der Waals surface area contributed by atoms with E-state index in [0.29, 0.717) is 5.75 Å². The van der Waals surface area contributed by atoms with Crippen LogP contribution in [-0.2, 0) is 25.7 Å². The Labute approximate surface area is 162 Å². The highest BCUT2D eigenvalue weighted by molar-refractivity contribution is 5.68. The first kappa shape index (κ1) is 17.0. The van der Waals surface area contributed by atoms with E-state index in [1.54, 1.807) is 0 Å². The van der Waals surface area contributed by atoms with Crippen LogP contribution in [-0.4, -0.2) is 38.3 Å². The Hall–Kier alpha value is -3.12. The minimum atomic E-state index is -0.0314. The van der Waals surface area contributed by atoms with Crippen LogP contribution in [0.25, 0.3) is 22.1 Å². The third kappa shape index (κ3) is 3.39. The Balaban J connectivity index is 1.79. The number of nitrogens with one attached hydrogen (secondary N) is 2. The SMILES string of the molecule is OCCOc1c2nc(cc3ccc(cc4nc(cc5ccc1[nH]5)CC4)[nH]3)CC2. The van der Waals surface area contributed by atoms with E-state index < -0.39 is 0 Å². The molecule has 5 heterocycles. The number of aromatic nitrogens is 4. The molecule has 0 aromatic carbocycles. The number of ether oxygens (including phenoxy) is 1. The fourth-order valence-corrected chi connectivity index (χ4v) is 3.79. The van der Waals surface area contributed by atoms with Gasteiger partial charge in [0.05, 0.1) is 17.8 Å². The van der Waals surface area contributed by atoms with Gasteiger partial charge in [-0.25, -0.2) is 0 Å². The summed E-state index contributed by atoms with van der Waals surface area (Å²) in [5.41, 5.74) is 8.05. The zero-order chi connectivity index (χ0) is 18.9. The molecular weight excluding hydrogens is 352 g/mol. The molecule has 6 heteroatoms. The summed E-state index contributed by atoms with van der Waals surface area (Å²) in [6.07, 6.45) is 3.56. The van der Waals surface area contributed by atoms with Crippen LogP contribution in [0.15, 0.2) is 42.5 Å². The van der Waals surface area contributed by atoms with Crippen molar-refractivity contribution < 1.29 is 9.84 Å². The Bertz CT molecular complexity index is 1180. The molecule has 28 heavy (non-hydrogen) atoms. The minimum absolute atomic E-state index is 0.0314. The Morgan fingerprint density at radius 2 is 1.39 bits per heavy atom. The van der Waals surface area contributed by atoms with Crippen LogP contribution in [0.4, 0.5) is 0 Å². The number of aryl methyl sites for hydroxylation is 4. The maximum atomic E-state index is 9.22. The van der Waals surface area contributed by atoms with Gasteiger partial charge in [0.25, 0.3) is 0 Å². The van der Waals surface area contributed by atoms with Crippen molar-refractivity contribution in [1.82, 2.24) is 19.9 Å². The second-order valence-corrected chi connectivity index (χ2v) is 7.17. The fraction of sp³-hybridized carbons (Fsp3) is 0.273. The number of aliphatic hydroxyl groups excluding tert-OH is 1. The van der Waals surface area contributed by atoms with Gasteiger partial charge in [0.15, 0.2) is 5.75 Å². The van der Waals surface area contributed by atoms with E-state index in [9.17, 15) is 5.11 Å². The summed E-state index contributed by atoms with van der Waals surface area (Å²) in [7, 11) is 0. The lowest BCUT2D eigenvalue weighted by Crippen LogP contribution is -2.03. The van der Waals surface area contributed by atoms with Crippen LogP contribution in [0, 0.1) is 0 Å². The van der Waals surface area contributed by atoms with E-state index in [2.05, 4.69) is 40.3 Å². The topological polar surface area (TPSA) is 86.8 Å². The third-order valence-corrected chi connectivity index (χ3v) is 5.07. The predicted octanol–water partition coefficient (Wildman–Crippen LogP) is 3.26. The molecule has 142 valence electrons. The zero-order valence-corrected chi connectivity index (χ0v) is 15.5. The maximum absolute atomic E-state index is 9.22. The smallest absolute Gasteiger partial charge is 0.164 e. The number of nitrogens with zero attached hydrogens (tertiary/aromatic N) is 2. The molecule has 0 radical (unpaired) electrons. The third-order valence-electron chi connectivity index (χ3n) is 5.07. The van der Waals surface area contributed by atoms with Crippen molar-refractivity contribution >= 4 is 22.1 Å². The molecule has 0 saturated carbocycles. The maximum Gasteiger partial charge on any atom is 0.164 e. The first-order chi connectivity index (χ1) is 13.8. The van der Waals surface area contributed by atoms with E-state index in [1.165, 1.54) is 0 Å². The predicted molar refractivity (Wildman–Crippen MR) is 108 cm³/mol. The highest BCUT2D eigenvalue weighted by Crippen LogP contribution is 2.26. The lowest BCUT2D eigenvalue weighted by Gasteiger charge is -2.05. The molecule has 0 unspecified atom stereocenters. The Morgan fingerprint density at radius 1 is 0.786 bits per heavy atom. The molecule has 5 rings (SSSR count). The van der Waals surface area contributed by atoms with Gasteiger partial charge in [-0.15, -0.1) is 0 Å². The Morgan fingerprint density at radius 3 is 2.11 bits per heavy atom. The lowest BCUT2D eigenvalue weighted by atomic mass is 10.2. The summed E-state index contributed by atoms with van der Waals surface area (Å²) in [6.45, 7) is 0.211. The van der Waals surface area contributed by atoms with Gasteiger partial charge in [-0.1, -0.05) is 0 Å². The first-order valence-corrected chi connectivity index (χ1v) is 9.67. The molecule has 0 spiro atoms. The van der Waals surface area contributed by atoms with Gasteiger partial charge in [-0.3, -0.25) is 9.97 Å². The molecule has 3 N–H and O–H groups in total. The number of aromatic amines is 2. The molecule has 8 bridgehead atoms. The van der Waals surface area contributed by atoms with Gasteiger partial charge in [0, 0.05) is 33.6 Å². The average Bonchev–Trinajstić information content (AvgIpc) is 3.46. The molecule has 3 aromatic rings. The molecule has 6 nitrogen and oxygen atoms in total. The van der Waals surface area contributed by atoms with Crippen molar-refractivity contribution in [2.45, 2.75) is 25.7 Å². The molecule has 0 atom stereocenters. The molecule has 0 saturated heterocycles. The van der Waals surface area contributed by atoms with Gasteiger partial charge in [0.2, 0.25) is 0 Å². The van der Waals surface area contributed by atoms with Crippen molar-refractivity contribution in [2.75, 3.05) is 13.2 Å². The lowest BCUT2D eigenvalue weighted by molar-refractivity contribution is 0.201. The monoisotopic (exact) mass is 374 g/mol. The van der Waals surface area contributed by atoms with Crippen LogP contribution < -0.4 is 4.74 Å². The molecule has 0 aliphatic carbocycles. The van der Waals surface area contributed by atoms with Gasteiger partial charge in [-0.2, -0.15) is 0 Å². The van der Waals surface area contributed by atoms with Gasteiger partial charge < -0.3 is 19.8 Å². The van der Waals surface area contributed by atoms with Crippen molar-refractivity contribution in [1.29, 1.82) is 0 Å². The van der Waals surface area contributed by atoms with Crippen molar-refractivity contribution in [3.8, 4) is 5.75 Å². The average molecular weight is 374 g/mol. The standard InChI is InChI=1S/C22H22N4O2/c27-9-10-28-22-20-7-5-18(25-20)12-16-3-1-14(23-16)11-15-2-4-17(24-15)13-19-6-8-21(22)26-19/h1,3,6,8,11-13,23,26-27H,2,4-5,7,9-10H2.